The number of aromatic nitrogens is 2. The minimum Gasteiger partial charge on any atom is -0.360 e. The maximum Gasteiger partial charge on any atom is 0.417 e. The quantitative estimate of drug-likeness (QED) is 0.891. The van der Waals surface area contributed by atoms with Crippen LogP contribution in [-0.4, -0.2) is 9.97 Å². The largest absolute Gasteiger partial charge is 0.417 e. The van der Waals surface area contributed by atoms with E-state index in [0.29, 0.717) is 0 Å². The van der Waals surface area contributed by atoms with Crippen molar-refractivity contribution in [2.45, 2.75) is 26.1 Å². The number of pyridine rings is 1. The zero-order chi connectivity index (χ0) is 14.9. The Hall–Kier alpha value is -1.34. The first-order valence-corrected chi connectivity index (χ1v) is 6.94. The van der Waals surface area contributed by atoms with E-state index in [1.165, 1.54) is 11.3 Å². The van der Waals surface area contributed by atoms with Gasteiger partial charge in [-0.25, -0.2) is 9.97 Å². The second-order valence-electron chi connectivity index (χ2n) is 4.25. The lowest BCUT2D eigenvalue weighted by molar-refractivity contribution is -0.137. The molecule has 0 spiro atoms. The van der Waals surface area contributed by atoms with Gasteiger partial charge in [0.05, 0.1) is 16.6 Å². The number of hydrogen-bond donors (Lipinski definition) is 1. The van der Waals surface area contributed by atoms with Crippen molar-refractivity contribution < 1.29 is 13.2 Å². The summed E-state index contributed by atoms with van der Waals surface area (Å²) >= 11 is 7.30. The Bertz CT molecular complexity index is 612. The Balaban J connectivity index is 2.18. The third-order valence-electron chi connectivity index (χ3n) is 2.53. The number of nitrogens with zero attached hydrogens (tertiary/aromatic N) is 2. The van der Waals surface area contributed by atoms with Crippen LogP contribution in [0, 0.1) is 6.92 Å². The minimum atomic E-state index is -4.45. The van der Waals surface area contributed by atoms with Crippen molar-refractivity contribution in [1.82, 2.24) is 9.97 Å². The predicted octanol–water partition coefficient (Wildman–Crippen LogP) is 4.69. The molecule has 108 valence electrons. The molecular weight excluding hydrogens is 311 g/mol. The van der Waals surface area contributed by atoms with Crippen LogP contribution >= 0.6 is 22.9 Å². The van der Waals surface area contributed by atoms with Gasteiger partial charge in [0.25, 0.3) is 0 Å². The molecule has 2 rings (SSSR count). The highest BCUT2D eigenvalue weighted by atomic mass is 35.5. The van der Waals surface area contributed by atoms with E-state index in [-0.39, 0.29) is 16.9 Å². The maximum atomic E-state index is 12.5. The van der Waals surface area contributed by atoms with Crippen LogP contribution in [0.15, 0.2) is 17.6 Å². The maximum absolute atomic E-state index is 12.5. The highest BCUT2D eigenvalue weighted by molar-refractivity contribution is 7.09. The molecule has 0 bridgehead atoms. The summed E-state index contributed by atoms with van der Waals surface area (Å²) in [6.45, 7) is 3.71. The Morgan fingerprint density at radius 2 is 2.10 bits per heavy atom. The van der Waals surface area contributed by atoms with Crippen LogP contribution in [0.4, 0.5) is 19.0 Å². The van der Waals surface area contributed by atoms with Gasteiger partial charge in [-0.15, -0.1) is 11.3 Å². The first-order valence-electron chi connectivity index (χ1n) is 5.68. The molecular formula is C12H11ClF3N3S. The third-order valence-corrected chi connectivity index (χ3v) is 3.96. The van der Waals surface area contributed by atoms with Gasteiger partial charge in [-0.05, 0) is 19.9 Å². The van der Waals surface area contributed by atoms with E-state index in [0.717, 1.165) is 23.0 Å². The van der Waals surface area contributed by atoms with Crippen molar-refractivity contribution >= 4 is 28.8 Å². The van der Waals surface area contributed by atoms with E-state index in [1.807, 2.05) is 19.2 Å². The number of rotatable bonds is 3. The van der Waals surface area contributed by atoms with Crippen molar-refractivity contribution in [3.8, 4) is 0 Å². The molecule has 0 fully saturated rings. The summed E-state index contributed by atoms with van der Waals surface area (Å²) < 4.78 is 37.5. The van der Waals surface area contributed by atoms with Gasteiger partial charge in [0.15, 0.2) is 0 Å². The highest BCUT2D eigenvalue weighted by Gasteiger charge is 2.31. The monoisotopic (exact) mass is 321 g/mol. The summed E-state index contributed by atoms with van der Waals surface area (Å²) in [6, 6.07) is 0.673. The number of aryl methyl sites for hydroxylation is 1. The van der Waals surface area contributed by atoms with Gasteiger partial charge in [-0.2, -0.15) is 13.2 Å². The fourth-order valence-corrected chi connectivity index (χ4v) is 2.56. The molecule has 8 heteroatoms. The Labute approximate surface area is 122 Å². The standard InChI is InChI=1S/C12H11ClF3N3S/c1-6-5-20-11(18-6)7(2)19-10-9(13)3-8(4-17-10)12(14,15)16/h3-5,7H,1-2H3,(H,17,19). The summed E-state index contributed by atoms with van der Waals surface area (Å²) in [6.07, 6.45) is -3.69. The van der Waals surface area contributed by atoms with Crippen molar-refractivity contribution in [3.63, 3.8) is 0 Å². The topological polar surface area (TPSA) is 37.8 Å². The third kappa shape index (κ3) is 3.40. The smallest absolute Gasteiger partial charge is 0.360 e. The van der Waals surface area contributed by atoms with Gasteiger partial charge in [0, 0.05) is 17.3 Å². The molecule has 0 aliphatic rings. The van der Waals surface area contributed by atoms with E-state index in [9.17, 15) is 13.2 Å². The van der Waals surface area contributed by atoms with Crippen LogP contribution in [0.2, 0.25) is 5.02 Å². The number of thiazole rings is 1. The summed E-state index contributed by atoms with van der Waals surface area (Å²) in [5.41, 5.74) is 0.0240. The van der Waals surface area contributed by atoms with Crippen molar-refractivity contribution in [1.29, 1.82) is 0 Å². The molecule has 2 heterocycles. The normalized spacial score (nSPS) is 13.3. The van der Waals surface area contributed by atoms with Gasteiger partial charge in [0.1, 0.15) is 10.8 Å². The summed E-state index contributed by atoms with van der Waals surface area (Å²) in [7, 11) is 0. The molecule has 0 radical (unpaired) electrons. The van der Waals surface area contributed by atoms with Crippen molar-refractivity contribution in [3.05, 3.63) is 38.9 Å². The van der Waals surface area contributed by atoms with E-state index in [4.69, 9.17) is 11.6 Å². The van der Waals surface area contributed by atoms with Crippen LogP contribution in [0.25, 0.3) is 0 Å². The molecule has 0 amide bonds. The number of alkyl halides is 3. The minimum absolute atomic E-state index is 0.0695. The molecule has 1 atom stereocenters. The van der Waals surface area contributed by atoms with Gasteiger partial charge < -0.3 is 5.32 Å². The Kier molecular flexibility index (Phi) is 4.19. The summed E-state index contributed by atoms with van der Waals surface area (Å²) in [5, 5.41) is 5.60. The zero-order valence-electron chi connectivity index (χ0n) is 10.6. The molecule has 2 aromatic rings. The number of anilines is 1. The molecule has 0 aliphatic heterocycles. The molecule has 0 aromatic carbocycles. The predicted molar refractivity (Wildman–Crippen MR) is 73.1 cm³/mol. The molecule has 0 saturated heterocycles. The molecule has 1 N–H and O–H groups in total. The first kappa shape index (κ1) is 15.1. The average Bonchev–Trinajstić information content (AvgIpc) is 2.77. The number of halogens is 4. The van der Waals surface area contributed by atoms with Crippen LogP contribution in [-0.2, 0) is 6.18 Å². The van der Waals surface area contributed by atoms with E-state index < -0.39 is 11.7 Å². The van der Waals surface area contributed by atoms with E-state index in [1.54, 1.807) is 0 Å². The number of nitrogens with one attached hydrogen (secondary N) is 1. The van der Waals surface area contributed by atoms with E-state index >= 15 is 0 Å². The molecule has 1 unspecified atom stereocenters. The van der Waals surface area contributed by atoms with Gasteiger partial charge in [0.2, 0.25) is 0 Å². The first-order chi connectivity index (χ1) is 9.27. The summed E-state index contributed by atoms with van der Waals surface area (Å²) in [5.74, 6) is 0.208. The lowest BCUT2D eigenvalue weighted by atomic mass is 10.2. The highest BCUT2D eigenvalue weighted by Crippen LogP contribution is 2.33. The zero-order valence-corrected chi connectivity index (χ0v) is 12.2. The average molecular weight is 322 g/mol. The Morgan fingerprint density at radius 1 is 1.40 bits per heavy atom. The lowest BCUT2D eigenvalue weighted by Gasteiger charge is -2.14. The van der Waals surface area contributed by atoms with E-state index in [2.05, 4.69) is 15.3 Å². The fraction of sp³-hybridized carbons (Fsp3) is 0.333. The second-order valence-corrected chi connectivity index (χ2v) is 5.54. The van der Waals surface area contributed by atoms with Crippen LogP contribution in [0.5, 0.6) is 0 Å². The molecule has 0 aliphatic carbocycles. The van der Waals surface area contributed by atoms with Crippen LogP contribution in [0.3, 0.4) is 0 Å². The van der Waals surface area contributed by atoms with Gasteiger partial charge in [-0.3, -0.25) is 0 Å². The second kappa shape index (κ2) is 5.57. The van der Waals surface area contributed by atoms with Crippen LogP contribution < -0.4 is 5.32 Å². The SMILES string of the molecule is Cc1csc(C(C)Nc2ncc(C(F)(F)F)cc2Cl)n1. The van der Waals surface area contributed by atoms with Gasteiger partial charge in [-0.1, -0.05) is 11.6 Å². The lowest BCUT2D eigenvalue weighted by Crippen LogP contribution is -2.10. The molecule has 0 saturated carbocycles. The summed E-state index contributed by atoms with van der Waals surface area (Å²) in [4.78, 5) is 8.03. The number of hydrogen-bond acceptors (Lipinski definition) is 4. The van der Waals surface area contributed by atoms with Crippen LogP contribution in [0.1, 0.15) is 29.2 Å². The molecule has 20 heavy (non-hydrogen) atoms. The fourth-order valence-electron chi connectivity index (χ4n) is 1.54. The van der Waals surface area contributed by atoms with Crippen molar-refractivity contribution in [2.24, 2.45) is 0 Å². The van der Waals surface area contributed by atoms with Crippen molar-refractivity contribution in [2.75, 3.05) is 5.32 Å². The van der Waals surface area contributed by atoms with Gasteiger partial charge >= 0.3 is 6.18 Å². The Morgan fingerprint density at radius 3 is 2.60 bits per heavy atom. The molecule has 3 nitrogen and oxygen atoms in total. The molecule has 2 aromatic heterocycles.